The van der Waals surface area contributed by atoms with Crippen molar-refractivity contribution in [1.29, 1.82) is 0 Å². The Labute approximate surface area is 87.8 Å². The average Bonchev–Trinajstić information content (AvgIpc) is 2.14. The highest BCUT2D eigenvalue weighted by atomic mass is 32.1. The number of hydrogen-bond donors (Lipinski definition) is 1. The molecule has 0 saturated carbocycles. The second-order valence-electron chi connectivity index (χ2n) is 3.30. The van der Waals surface area contributed by atoms with Crippen molar-refractivity contribution in [3.05, 3.63) is 34.3 Å². The molecule has 0 aliphatic rings. The molecule has 0 aromatic rings. The summed E-state index contributed by atoms with van der Waals surface area (Å²) in [5, 5.41) is 0. The molecular formula is C12H20S. The predicted octanol–water partition coefficient (Wildman–Crippen LogP) is 4.51. The zero-order valence-electron chi connectivity index (χ0n) is 9.15. The average molecular weight is 196 g/mol. The van der Waals surface area contributed by atoms with Crippen molar-refractivity contribution in [2.24, 2.45) is 0 Å². The Balaban J connectivity index is 4.71. The van der Waals surface area contributed by atoms with Crippen molar-refractivity contribution in [3.8, 4) is 0 Å². The minimum Gasteiger partial charge on any atom is -0.143 e. The Morgan fingerprint density at radius 1 is 1.38 bits per heavy atom. The normalized spacial score (nSPS) is 14.1. The topological polar surface area (TPSA) is 0 Å². The third-order valence-electron chi connectivity index (χ3n) is 2.24. The largest absolute Gasteiger partial charge is 0.143 e. The van der Waals surface area contributed by atoms with Gasteiger partial charge < -0.3 is 0 Å². The van der Waals surface area contributed by atoms with E-state index in [0.717, 1.165) is 17.7 Å². The first-order valence-electron chi connectivity index (χ1n) is 4.75. The lowest BCUT2D eigenvalue weighted by atomic mass is 10.0. The number of hydrogen-bond acceptors (Lipinski definition) is 1. The van der Waals surface area contributed by atoms with Crippen molar-refractivity contribution in [1.82, 2.24) is 0 Å². The summed E-state index contributed by atoms with van der Waals surface area (Å²) >= 11 is 4.48. The fourth-order valence-electron chi connectivity index (χ4n) is 1.09. The van der Waals surface area contributed by atoms with Crippen molar-refractivity contribution in [3.63, 3.8) is 0 Å². The summed E-state index contributed by atoms with van der Waals surface area (Å²) < 4.78 is 0. The smallest absolute Gasteiger partial charge is 0.00977 e. The van der Waals surface area contributed by atoms with Gasteiger partial charge in [0.1, 0.15) is 0 Å². The van der Waals surface area contributed by atoms with E-state index in [4.69, 9.17) is 0 Å². The second-order valence-corrected chi connectivity index (χ2v) is 3.75. The third kappa shape index (κ3) is 3.86. The molecule has 0 nitrogen and oxygen atoms in total. The van der Waals surface area contributed by atoms with Gasteiger partial charge in [-0.1, -0.05) is 31.6 Å². The van der Waals surface area contributed by atoms with Crippen LogP contribution in [0.25, 0.3) is 0 Å². The van der Waals surface area contributed by atoms with Gasteiger partial charge >= 0.3 is 0 Å². The van der Waals surface area contributed by atoms with Crippen LogP contribution in [0.2, 0.25) is 0 Å². The summed E-state index contributed by atoms with van der Waals surface area (Å²) in [5.74, 6) is 0. The molecule has 0 aromatic heterocycles. The van der Waals surface area contributed by atoms with Crippen LogP contribution in [0.5, 0.6) is 0 Å². The molecule has 13 heavy (non-hydrogen) atoms. The zero-order valence-corrected chi connectivity index (χ0v) is 10.0. The Bertz CT molecular complexity index is 244. The molecule has 0 radical (unpaired) electrons. The van der Waals surface area contributed by atoms with Crippen LogP contribution in [-0.2, 0) is 0 Å². The Morgan fingerprint density at radius 3 is 2.31 bits per heavy atom. The number of thiol groups is 1. The zero-order chi connectivity index (χ0) is 10.4. The molecule has 0 bridgehead atoms. The highest BCUT2D eigenvalue weighted by molar-refractivity contribution is 7.84. The fraction of sp³-hybridized carbons (Fsp3) is 0.500. The van der Waals surface area contributed by atoms with Crippen molar-refractivity contribution < 1.29 is 0 Å². The van der Waals surface area contributed by atoms with Gasteiger partial charge in [0, 0.05) is 4.91 Å². The molecule has 74 valence electrons. The van der Waals surface area contributed by atoms with Crippen LogP contribution in [0.4, 0.5) is 0 Å². The molecular weight excluding hydrogens is 176 g/mol. The standard InChI is InChI=1S/C12H20S/c1-6-8-10(4)11(5)12(13)9(3)7-2/h7,13H,4,6,8H2,1-3,5H3/b9-7-,12-11+. The van der Waals surface area contributed by atoms with E-state index in [1.54, 1.807) is 0 Å². The number of rotatable bonds is 4. The van der Waals surface area contributed by atoms with E-state index in [9.17, 15) is 0 Å². The minimum atomic E-state index is 1.06. The maximum Gasteiger partial charge on any atom is 0.00977 e. The van der Waals surface area contributed by atoms with Gasteiger partial charge in [-0.05, 0) is 38.3 Å². The van der Waals surface area contributed by atoms with E-state index < -0.39 is 0 Å². The quantitative estimate of drug-likeness (QED) is 0.496. The summed E-state index contributed by atoms with van der Waals surface area (Å²) in [6.07, 6.45) is 4.28. The van der Waals surface area contributed by atoms with E-state index in [1.807, 2.05) is 6.92 Å². The molecule has 0 N–H and O–H groups in total. The van der Waals surface area contributed by atoms with Crippen LogP contribution in [0, 0.1) is 0 Å². The molecule has 0 saturated heterocycles. The molecule has 0 fully saturated rings. The van der Waals surface area contributed by atoms with Gasteiger partial charge in [-0.3, -0.25) is 0 Å². The van der Waals surface area contributed by atoms with Crippen LogP contribution in [0.1, 0.15) is 40.5 Å². The van der Waals surface area contributed by atoms with Crippen LogP contribution in [-0.4, -0.2) is 0 Å². The Morgan fingerprint density at radius 2 is 1.92 bits per heavy atom. The van der Waals surface area contributed by atoms with Gasteiger partial charge in [0.25, 0.3) is 0 Å². The van der Waals surface area contributed by atoms with Crippen molar-refractivity contribution in [2.75, 3.05) is 0 Å². The molecule has 0 aliphatic heterocycles. The maximum absolute atomic E-state index is 4.48. The van der Waals surface area contributed by atoms with E-state index >= 15 is 0 Å². The van der Waals surface area contributed by atoms with E-state index in [2.05, 4.69) is 46.1 Å². The van der Waals surface area contributed by atoms with Gasteiger partial charge in [-0.2, -0.15) is 0 Å². The highest BCUT2D eigenvalue weighted by Crippen LogP contribution is 2.24. The van der Waals surface area contributed by atoms with Crippen LogP contribution in [0.3, 0.4) is 0 Å². The van der Waals surface area contributed by atoms with Gasteiger partial charge in [0.05, 0.1) is 0 Å². The van der Waals surface area contributed by atoms with Crippen molar-refractivity contribution in [2.45, 2.75) is 40.5 Å². The molecule has 0 unspecified atom stereocenters. The van der Waals surface area contributed by atoms with E-state index in [0.29, 0.717) is 0 Å². The van der Waals surface area contributed by atoms with Crippen LogP contribution < -0.4 is 0 Å². The summed E-state index contributed by atoms with van der Waals surface area (Å²) in [4.78, 5) is 1.07. The molecule has 0 heterocycles. The summed E-state index contributed by atoms with van der Waals surface area (Å²) in [6, 6.07) is 0. The molecule has 0 aromatic carbocycles. The summed E-state index contributed by atoms with van der Waals surface area (Å²) in [7, 11) is 0. The Hall–Kier alpha value is -0.430. The van der Waals surface area contributed by atoms with E-state index in [1.165, 1.54) is 16.7 Å². The lowest BCUT2D eigenvalue weighted by molar-refractivity contribution is 0.914. The fourth-order valence-corrected chi connectivity index (χ4v) is 1.38. The van der Waals surface area contributed by atoms with Crippen LogP contribution in [0.15, 0.2) is 34.3 Å². The molecule has 0 amide bonds. The lowest BCUT2D eigenvalue weighted by Crippen LogP contribution is -1.88. The molecule has 0 rings (SSSR count). The first-order chi connectivity index (χ1) is 6.04. The molecule has 0 atom stereocenters. The monoisotopic (exact) mass is 196 g/mol. The maximum atomic E-state index is 4.48. The SMILES string of the molecule is C=C(CCC)/C(C)=C(S)\C(C)=C/C. The first kappa shape index (κ1) is 12.6. The van der Waals surface area contributed by atoms with Gasteiger partial charge in [-0.25, -0.2) is 0 Å². The Kier molecular flexibility index (Phi) is 5.89. The highest BCUT2D eigenvalue weighted by Gasteiger charge is 2.02. The molecule has 1 heteroatoms. The first-order valence-corrected chi connectivity index (χ1v) is 5.20. The molecule has 0 aliphatic carbocycles. The summed E-state index contributed by atoms with van der Waals surface area (Å²) in [6.45, 7) is 12.4. The van der Waals surface area contributed by atoms with Gasteiger partial charge in [0.2, 0.25) is 0 Å². The third-order valence-corrected chi connectivity index (χ3v) is 2.93. The lowest BCUT2D eigenvalue weighted by Gasteiger charge is -2.09. The predicted molar refractivity (Wildman–Crippen MR) is 65.2 cm³/mol. The van der Waals surface area contributed by atoms with Crippen LogP contribution >= 0.6 is 12.6 Å². The molecule has 0 spiro atoms. The summed E-state index contributed by atoms with van der Waals surface area (Å²) in [5.41, 5.74) is 3.65. The van der Waals surface area contributed by atoms with Gasteiger partial charge in [0.15, 0.2) is 0 Å². The second kappa shape index (κ2) is 6.09. The van der Waals surface area contributed by atoms with E-state index in [-0.39, 0.29) is 0 Å². The van der Waals surface area contributed by atoms with Crippen molar-refractivity contribution >= 4 is 12.6 Å². The van der Waals surface area contributed by atoms with Gasteiger partial charge in [-0.15, -0.1) is 12.6 Å². The minimum absolute atomic E-state index is 1.06. The number of allylic oxidation sites excluding steroid dienone is 4.